The largest absolute Gasteiger partial charge is 0.496 e. The van der Waals surface area contributed by atoms with Gasteiger partial charge < -0.3 is 15.2 Å². The van der Waals surface area contributed by atoms with Gasteiger partial charge >= 0.3 is 5.97 Å². The number of carboxylic acid groups (broad SMARTS) is 1. The summed E-state index contributed by atoms with van der Waals surface area (Å²) in [5.41, 5.74) is 0.0467. The smallest absolute Gasteiger partial charge is 0.305 e. The zero-order valence-electron chi connectivity index (χ0n) is 12.3. The number of hydrogen-bond acceptors (Lipinski definition) is 3. The molecule has 1 unspecified atom stereocenters. The normalized spacial score (nSPS) is 12.6. The minimum absolute atomic E-state index is 0.121. The number of carbonyl (C=O) groups is 2. The van der Waals surface area contributed by atoms with E-state index in [1.807, 2.05) is 20.8 Å². The molecule has 20 heavy (non-hydrogen) atoms. The van der Waals surface area contributed by atoms with Gasteiger partial charge in [-0.1, -0.05) is 32.9 Å². The van der Waals surface area contributed by atoms with Crippen LogP contribution < -0.4 is 10.1 Å². The van der Waals surface area contributed by atoms with Crippen molar-refractivity contribution in [2.45, 2.75) is 33.2 Å². The first kappa shape index (κ1) is 16.0. The van der Waals surface area contributed by atoms with Crippen LogP contribution >= 0.6 is 0 Å². The Morgan fingerprint density at radius 3 is 2.40 bits per heavy atom. The summed E-state index contributed by atoms with van der Waals surface area (Å²) in [5.74, 6) is -0.804. The van der Waals surface area contributed by atoms with Gasteiger partial charge in [-0.2, -0.15) is 0 Å². The minimum Gasteiger partial charge on any atom is -0.496 e. The van der Waals surface area contributed by atoms with Crippen LogP contribution in [-0.2, 0) is 4.79 Å². The third-order valence-corrected chi connectivity index (χ3v) is 3.08. The number of methoxy groups -OCH3 is 1. The quantitative estimate of drug-likeness (QED) is 0.867. The maximum Gasteiger partial charge on any atom is 0.305 e. The van der Waals surface area contributed by atoms with Crippen molar-refractivity contribution in [3.05, 3.63) is 29.8 Å². The summed E-state index contributed by atoms with van der Waals surface area (Å²) in [6.45, 7) is 5.68. The lowest BCUT2D eigenvalue weighted by Crippen LogP contribution is -2.45. The predicted molar refractivity (Wildman–Crippen MR) is 76.0 cm³/mol. The summed E-state index contributed by atoms with van der Waals surface area (Å²) in [6, 6.07) is 6.39. The highest BCUT2D eigenvalue weighted by Crippen LogP contribution is 2.24. The molecule has 0 bridgehead atoms. The highest BCUT2D eigenvalue weighted by Gasteiger charge is 2.29. The molecule has 5 heteroatoms. The van der Waals surface area contributed by atoms with E-state index in [9.17, 15) is 9.59 Å². The molecule has 0 radical (unpaired) electrons. The molecule has 1 aromatic rings. The molecule has 0 heterocycles. The Morgan fingerprint density at radius 2 is 1.90 bits per heavy atom. The molecule has 1 rings (SSSR count). The van der Waals surface area contributed by atoms with Gasteiger partial charge in [0.1, 0.15) is 5.75 Å². The highest BCUT2D eigenvalue weighted by molar-refractivity contribution is 5.97. The van der Waals surface area contributed by atoms with Crippen LogP contribution in [0, 0.1) is 5.41 Å². The maximum absolute atomic E-state index is 12.3. The number of carbonyl (C=O) groups excluding carboxylic acids is 1. The fraction of sp³-hybridized carbons (Fsp3) is 0.467. The molecule has 1 atom stereocenters. The van der Waals surface area contributed by atoms with Crippen LogP contribution in [0.15, 0.2) is 24.3 Å². The van der Waals surface area contributed by atoms with Gasteiger partial charge in [0.05, 0.1) is 19.1 Å². The molecule has 0 aliphatic rings. The molecule has 0 fully saturated rings. The summed E-state index contributed by atoms with van der Waals surface area (Å²) in [6.07, 6.45) is -0.121. The van der Waals surface area contributed by atoms with Crippen LogP contribution in [0.5, 0.6) is 5.75 Å². The molecule has 2 N–H and O–H groups in total. The molecule has 5 nitrogen and oxygen atoms in total. The number of hydrogen-bond donors (Lipinski definition) is 2. The van der Waals surface area contributed by atoms with Crippen molar-refractivity contribution < 1.29 is 19.4 Å². The molecule has 0 aliphatic carbocycles. The van der Waals surface area contributed by atoms with E-state index in [0.29, 0.717) is 11.3 Å². The van der Waals surface area contributed by atoms with Crippen molar-refractivity contribution in [3.8, 4) is 5.75 Å². The van der Waals surface area contributed by atoms with Gasteiger partial charge in [-0.3, -0.25) is 9.59 Å². The van der Waals surface area contributed by atoms with E-state index in [-0.39, 0.29) is 17.7 Å². The van der Waals surface area contributed by atoms with Crippen LogP contribution in [0.3, 0.4) is 0 Å². The number of carboxylic acids is 1. The van der Waals surface area contributed by atoms with Crippen molar-refractivity contribution in [1.29, 1.82) is 0 Å². The molecular formula is C15H21NO4. The lowest BCUT2D eigenvalue weighted by Gasteiger charge is -2.30. The number of aliphatic carboxylic acids is 1. The monoisotopic (exact) mass is 279 g/mol. The van der Waals surface area contributed by atoms with Gasteiger partial charge in [0, 0.05) is 6.04 Å². The van der Waals surface area contributed by atoms with Gasteiger partial charge in [-0.15, -0.1) is 0 Å². The van der Waals surface area contributed by atoms with Crippen LogP contribution in [0.25, 0.3) is 0 Å². The van der Waals surface area contributed by atoms with Crippen molar-refractivity contribution in [1.82, 2.24) is 5.32 Å². The third-order valence-electron chi connectivity index (χ3n) is 3.08. The van der Waals surface area contributed by atoms with Crippen molar-refractivity contribution >= 4 is 11.9 Å². The van der Waals surface area contributed by atoms with Crippen molar-refractivity contribution in [2.24, 2.45) is 5.41 Å². The van der Waals surface area contributed by atoms with E-state index in [4.69, 9.17) is 9.84 Å². The number of para-hydroxylation sites is 1. The van der Waals surface area contributed by atoms with Gasteiger partial charge in [0.15, 0.2) is 0 Å². The van der Waals surface area contributed by atoms with Crippen LogP contribution in [0.4, 0.5) is 0 Å². The lowest BCUT2D eigenvalue weighted by molar-refractivity contribution is -0.138. The van der Waals surface area contributed by atoms with Gasteiger partial charge in [-0.25, -0.2) is 0 Å². The standard InChI is InChI=1S/C15H21NO4/c1-15(2,3)12(9-13(17)18)16-14(19)10-7-5-6-8-11(10)20-4/h5-8,12H,9H2,1-4H3,(H,16,19)(H,17,18). The summed E-state index contributed by atoms with van der Waals surface area (Å²) in [4.78, 5) is 23.2. The first-order valence-corrected chi connectivity index (χ1v) is 6.41. The number of ether oxygens (including phenoxy) is 1. The Hall–Kier alpha value is -2.04. The molecule has 0 aromatic heterocycles. The fourth-order valence-electron chi connectivity index (χ4n) is 1.82. The Morgan fingerprint density at radius 1 is 1.30 bits per heavy atom. The van der Waals surface area contributed by atoms with Gasteiger partial charge in [-0.05, 0) is 17.5 Å². The predicted octanol–water partition coefficient (Wildman–Crippen LogP) is 2.31. The molecule has 0 saturated carbocycles. The Bertz CT molecular complexity index is 491. The summed E-state index contributed by atoms with van der Waals surface area (Å²) in [7, 11) is 1.49. The SMILES string of the molecule is COc1ccccc1C(=O)NC(CC(=O)O)C(C)(C)C. The maximum atomic E-state index is 12.3. The Balaban J connectivity index is 2.93. The molecule has 1 aromatic carbocycles. The second-order valence-corrected chi connectivity index (χ2v) is 5.69. The summed E-state index contributed by atoms with van der Waals surface area (Å²) in [5, 5.41) is 11.7. The second kappa shape index (κ2) is 6.41. The second-order valence-electron chi connectivity index (χ2n) is 5.69. The van der Waals surface area contributed by atoms with Crippen LogP contribution in [-0.4, -0.2) is 30.1 Å². The minimum atomic E-state index is -0.940. The lowest BCUT2D eigenvalue weighted by atomic mass is 9.84. The number of benzene rings is 1. The zero-order valence-corrected chi connectivity index (χ0v) is 12.3. The molecule has 110 valence electrons. The number of amides is 1. The van der Waals surface area contributed by atoms with Crippen molar-refractivity contribution in [2.75, 3.05) is 7.11 Å². The van der Waals surface area contributed by atoms with E-state index in [2.05, 4.69) is 5.32 Å². The van der Waals surface area contributed by atoms with E-state index in [0.717, 1.165) is 0 Å². The molecule has 0 aliphatic heterocycles. The van der Waals surface area contributed by atoms with Crippen molar-refractivity contribution in [3.63, 3.8) is 0 Å². The number of rotatable bonds is 5. The topological polar surface area (TPSA) is 75.6 Å². The first-order chi connectivity index (χ1) is 9.25. The molecule has 0 spiro atoms. The Labute approximate surface area is 118 Å². The van der Waals surface area contributed by atoms with E-state index in [1.165, 1.54) is 7.11 Å². The number of nitrogens with one attached hydrogen (secondary N) is 1. The van der Waals surface area contributed by atoms with E-state index >= 15 is 0 Å². The van der Waals surface area contributed by atoms with Gasteiger partial charge in [0.25, 0.3) is 5.91 Å². The van der Waals surface area contributed by atoms with E-state index < -0.39 is 12.0 Å². The molecular weight excluding hydrogens is 258 g/mol. The zero-order chi connectivity index (χ0) is 15.3. The molecule has 0 saturated heterocycles. The first-order valence-electron chi connectivity index (χ1n) is 6.41. The van der Waals surface area contributed by atoms with E-state index in [1.54, 1.807) is 24.3 Å². The third kappa shape index (κ3) is 4.26. The van der Waals surface area contributed by atoms with Crippen LogP contribution in [0.2, 0.25) is 0 Å². The fourth-order valence-corrected chi connectivity index (χ4v) is 1.82. The average molecular weight is 279 g/mol. The Kier molecular flexibility index (Phi) is 5.13. The summed E-state index contributed by atoms with van der Waals surface area (Å²) < 4.78 is 5.14. The highest BCUT2D eigenvalue weighted by atomic mass is 16.5. The van der Waals surface area contributed by atoms with Crippen LogP contribution in [0.1, 0.15) is 37.6 Å². The average Bonchev–Trinajstić information content (AvgIpc) is 2.36. The molecule has 1 amide bonds. The van der Waals surface area contributed by atoms with Gasteiger partial charge in [0.2, 0.25) is 0 Å². The summed E-state index contributed by atoms with van der Waals surface area (Å²) >= 11 is 0.